The van der Waals surface area contributed by atoms with E-state index in [4.69, 9.17) is 4.74 Å². The van der Waals surface area contributed by atoms with Crippen molar-refractivity contribution in [3.63, 3.8) is 0 Å². The van der Waals surface area contributed by atoms with Crippen LogP contribution in [0.2, 0.25) is 0 Å². The number of benzene rings is 3. The maximum atomic E-state index is 9.66. The summed E-state index contributed by atoms with van der Waals surface area (Å²) in [4.78, 5) is 2.21. The Morgan fingerprint density at radius 2 is 1.52 bits per heavy atom. The molecule has 0 spiro atoms. The van der Waals surface area contributed by atoms with Gasteiger partial charge in [0.15, 0.2) is 0 Å². The van der Waals surface area contributed by atoms with Gasteiger partial charge in [-0.3, -0.25) is 0 Å². The van der Waals surface area contributed by atoms with E-state index in [1.165, 1.54) is 5.56 Å². The van der Waals surface area contributed by atoms with Crippen molar-refractivity contribution >= 4 is 29.6 Å². The molecule has 0 aliphatic carbocycles. The lowest BCUT2D eigenvalue weighted by molar-refractivity contribution is 0.415. The summed E-state index contributed by atoms with van der Waals surface area (Å²) < 4.78 is 5.30. The van der Waals surface area contributed by atoms with Crippen molar-refractivity contribution in [3.05, 3.63) is 77.9 Å². The van der Waals surface area contributed by atoms with Gasteiger partial charge in [0.1, 0.15) is 5.75 Å². The highest BCUT2D eigenvalue weighted by Gasteiger charge is 2.37. The van der Waals surface area contributed by atoms with Crippen molar-refractivity contribution < 1.29 is 14.8 Å². The molecule has 0 atom stereocenters. The summed E-state index contributed by atoms with van der Waals surface area (Å²) in [6, 6.07) is 21.9. The average molecular weight is 359 g/mol. The molecule has 1 aliphatic rings. The Bertz CT molecular complexity index is 983. The summed E-state index contributed by atoms with van der Waals surface area (Å²) in [7, 11) is 0.169. The number of hydrogen-bond donors (Lipinski definition) is 2. The van der Waals surface area contributed by atoms with Gasteiger partial charge in [0.05, 0.1) is 18.5 Å². The molecule has 1 heterocycles. The number of ether oxygens (including phenoxy) is 1. The van der Waals surface area contributed by atoms with Crippen LogP contribution in [0.1, 0.15) is 25.0 Å². The lowest BCUT2D eigenvalue weighted by Gasteiger charge is -2.42. The Balaban J connectivity index is 1.97. The van der Waals surface area contributed by atoms with Gasteiger partial charge in [0, 0.05) is 11.1 Å². The Hall–Kier alpha value is -2.76. The second kappa shape index (κ2) is 6.45. The first-order valence-electron chi connectivity index (χ1n) is 8.98. The van der Waals surface area contributed by atoms with E-state index in [2.05, 4.69) is 30.9 Å². The predicted molar refractivity (Wildman–Crippen MR) is 110 cm³/mol. The van der Waals surface area contributed by atoms with Crippen LogP contribution in [0.15, 0.2) is 66.7 Å². The molecule has 0 fully saturated rings. The highest BCUT2D eigenvalue weighted by molar-refractivity contribution is 6.58. The number of rotatable bonds is 3. The lowest BCUT2D eigenvalue weighted by Crippen LogP contribution is -2.35. The second-order valence-corrected chi connectivity index (χ2v) is 7.33. The molecule has 0 unspecified atom stereocenters. The first-order valence-corrected chi connectivity index (χ1v) is 8.98. The van der Waals surface area contributed by atoms with Crippen molar-refractivity contribution in [1.82, 2.24) is 0 Å². The third-order valence-corrected chi connectivity index (χ3v) is 5.38. The molecule has 0 saturated heterocycles. The highest BCUT2D eigenvalue weighted by atomic mass is 16.5. The minimum Gasteiger partial charge on any atom is -0.497 e. The zero-order valence-corrected chi connectivity index (χ0v) is 15.7. The zero-order chi connectivity index (χ0) is 19.2. The maximum Gasteiger partial charge on any atom is 0.488 e. The third-order valence-electron chi connectivity index (χ3n) is 5.38. The van der Waals surface area contributed by atoms with E-state index in [0.717, 1.165) is 28.4 Å². The van der Waals surface area contributed by atoms with E-state index in [1.807, 2.05) is 48.5 Å². The molecule has 3 aromatic carbocycles. The van der Waals surface area contributed by atoms with Gasteiger partial charge in [-0.05, 0) is 53.0 Å². The smallest absolute Gasteiger partial charge is 0.488 e. The van der Waals surface area contributed by atoms with E-state index in [0.29, 0.717) is 5.46 Å². The normalized spacial score (nSPS) is 14.3. The maximum absolute atomic E-state index is 9.66. The molecule has 0 amide bonds. The fourth-order valence-electron chi connectivity index (χ4n) is 3.89. The van der Waals surface area contributed by atoms with Crippen LogP contribution in [0.25, 0.3) is 0 Å². The van der Waals surface area contributed by atoms with Crippen LogP contribution in [-0.4, -0.2) is 24.3 Å². The first-order chi connectivity index (χ1) is 12.9. The topological polar surface area (TPSA) is 52.9 Å². The number of anilines is 3. The van der Waals surface area contributed by atoms with Gasteiger partial charge in [0.25, 0.3) is 0 Å². The standard InChI is InChI=1S/C22H22BNO3/c1-22(2)18-6-4-5-7-20(18)24(16-9-11-17(27-3)12-10-16)21-13-8-15(23(25)26)14-19(21)22/h4-14,25-26H,1-3H3. The molecule has 136 valence electrons. The Morgan fingerprint density at radius 1 is 0.852 bits per heavy atom. The van der Waals surface area contributed by atoms with Gasteiger partial charge in [0.2, 0.25) is 0 Å². The number of para-hydroxylation sites is 1. The van der Waals surface area contributed by atoms with Crippen LogP contribution < -0.4 is 15.1 Å². The fraction of sp³-hybridized carbons (Fsp3) is 0.182. The number of hydrogen-bond acceptors (Lipinski definition) is 4. The molecule has 0 aromatic heterocycles. The van der Waals surface area contributed by atoms with E-state index < -0.39 is 7.12 Å². The molecule has 3 aromatic rings. The minimum atomic E-state index is -1.49. The summed E-state index contributed by atoms with van der Waals surface area (Å²) in [5.41, 5.74) is 5.67. The average Bonchev–Trinajstić information content (AvgIpc) is 2.68. The zero-order valence-electron chi connectivity index (χ0n) is 15.7. The molecule has 1 aliphatic heterocycles. The Morgan fingerprint density at radius 3 is 2.19 bits per heavy atom. The fourth-order valence-corrected chi connectivity index (χ4v) is 3.89. The third kappa shape index (κ3) is 2.80. The molecule has 27 heavy (non-hydrogen) atoms. The molecule has 5 heteroatoms. The van der Waals surface area contributed by atoms with E-state index >= 15 is 0 Å². The molecule has 4 rings (SSSR count). The number of fused-ring (bicyclic) bond motifs is 2. The summed E-state index contributed by atoms with van der Waals surface area (Å²) in [5.74, 6) is 0.809. The molecule has 0 radical (unpaired) electrons. The Labute approximate surface area is 159 Å². The largest absolute Gasteiger partial charge is 0.497 e. The summed E-state index contributed by atoms with van der Waals surface area (Å²) in [6.45, 7) is 4.34. The summed E-state index contributed by atoms with van der Waals surface area (Å²) >= 11 is 0. The summed E-state index contributed by atoms with van der Waals surface area (Å²) in [5, 5.41) is 19.3. The highest BCUT2D eigenvalue weighted by Crippen LogP contribution is 2.51. The minimum absolute atomic E-state index is 0.264. The van der Waals surface area contributed by atoms with Crippen molar-refractivity contribution in [2.45, 2.75) is 19.3 Å². The van der Waals surface area contributed by atoms with Crippen LogP contribution in [-0.2, 0) is 5.41 Å². The van der Waals surface area contributed by atoms with Gasteiger partial charge in [-0.2, -0.15) is 0 Å². The van der Waals surface area contributed by atoms with E-state index in [1.54, 1.807) is 13.2 Å². The quantitative estimate of drug-likeness (QED) is 0.703. The molecule has 0 saturated carbocycles. The van der Waals surface area contributed by atoms with Crippen molar-refractivity contribution in [2.24, 2.45) is 0 Å². The van der Waals surface area contributed by atoms with Gasteiger partial charge >= 0.3 is 7.12 Å². The first kappa shape index (κ1) is 17.6. The van der Waals surface area contributed by atoms with Crippen LogP contribution >= 0.6 is 0 Å². The Kier molecular flexibility index (Phi) is 4.21. The molecular formula is C22H22BNO3. The number of nitrogens with zero attached hydrogens (tertiary/aromatic N) is 1. The van der Waals surface area contributed by atoms with E-state index in [9.17, 15) is 10.0 Å². The van der Waals surface area contributed by atoms with Gasteiger partial charge in [-0.1, -0.05) is 44.2 Å². The van der Waals surface area contributed by atoms with Crippen LogP contribution in [0.5, 0.6) is 5.75 Å². The van der Waals surface area contributed by atoms with Crippen molar-refractivity contribution in [1.29, 1.82) is 0 Å². The van der Waals surface area contributed by atoms with Gasteiger partial charge < -0.3 is 19.7 Å². The molecule has 0 bridgehead atoms. The van der Waals surface area contributed by atoms with Gasteiger partial charge in [-0.15, -0.1) is 0 Å². The van der Waals surface area contributed by atoms with Crippen LogP contribution in [0.3, 0.4) is 0 Å². The second-order valence-electron chi connectivity index (χ2n) is 7.33. The molecule has 2 N–H and O–H groups in total. The van der Waals surface area contributed by atoms with Crippen molar-refractivity contribution in [2.75, 3.05) is 12.0 Å². The predicted octanol–water partition coefficient (Wildman–Crippen LogP) is 3.48. The monoisotopic (exact) mass is 359 g/mol. The van der Waals surface area contributed by atoms with Crippen LogP contribution in [0, 0.1) is 0 Å². The molecule has 4 nitrogen and oxygen atoms in total. The lowest BCUT2D eigenvalue weighted by atomic mass is 9.70. The SMILES string of the molecule is COc1ccc(N2c3ccccc3C(C)(C)c3cc(B(O)O)ccc32)cc1. The van der Waals surface area contributed by atoms with Crippen molar-refractivity contribution in [3.8, 4) is 5.75 Å². The summed E-state index contributed by atoms with van der Waals surface area (Å²) in [6.07, 6.45) is 0. The molecular weight excluding hydrogens is 337 g/mol. The van der Waals surface area contributed by atoms with Gasteiger partial charge in [-0.25, -0.2) is 0 Å². The number of methoxy groups -OCH3 is 1. The van der Waals surface area contributed by atoms with Crippen LogP contribution in [0.4, 0.5) is 17.1 Å². The van der Waals surface area contributed by atoms with E-state index in [-0.39, 0.29) is 5.41 Å².